The summed E-state index contributed by atoms with van der Waals surface area (Å²) < 4.78 is 7.17. The van der Waals surface area contributed by atoms with Gasteiger partial charge >= 0.3 is 0 Å². The summed E-state index contributed by atoms with van der Waals surface area (Å²) in [7, 11) is 0. The Hall–Kier alpha value is -7.62. The maximum absolute atomic E-state index is 2.41. The maximum atomic E-state index is 2.41. The van der Waals surface area contributed by atoms with Crippen molar-refractivity contribution in [1.29, 1.82) is 0 Å². The van der Waals surface area contributed by atoms with Gasteiger partial charge in [-0.05, 0) is 119 Å². The van der Waals surface area contributed by atoms with Crippen molar-refractivity contribution in [2.24, 2.45) is 0 Å². The Balaban J connectivity index is 1.05. The lowest BCUT2D eigenvalue weighted by Gasteiger charge is -2.09. The number of hydrogen-bond donors (Lipinski definition) is 0. The number of rotatable bonds is 5. The van der Waals surface area contributed by atoms with Gasteiger partial charge in [-0.2, -0.15) is 0 Å². The van der Waals surface area contributed by atoms with Gasteiger partial charge < -0.3 is 13.7 Å². The summed E-state index contributed by atoms with van der Waals surface area (Å²) in [6, 6.07) is 77.4. The van der Waals surface area contributed by atoms with E-state index in [1.807, 2.05) is 0 Å². The fourth-order valence-corrected chi connectivity index (χ4v) is 9.25. The van der Waals surface area contributed by atoms with E-state index in [1.54, 1.807) is 0 Å². The number of benzene rings is 9. The fraction of sp³-hybridized carbons (Fsp3) is 0. The minimum absolute atomic E-state index is 1.16. The van der Waals surface area contributed by atoms with Crippen LogP contribution in [-0.2, 0) is 0 Å². The van der Waals surface area contributed by atoms with Crippen molar-refractivity contribution in [3.05, 3.63) is 212 Å². The van der Waals surface area contributed by atoms with Crippen molar-refractivity contribution >= 4 is 65.4 Å². The Morgan fingerprint density at radius 1 is 0.193 bits per heavy atom. The Kier molecular flexibility index (Phi) is 6.93. The van der Waals surface area contributed by atoms with E-state index in [2.05, 4.69) is 226 Å². The van der Waals surface area contributed by atoms with Gasteiger partial charge in [0.1, 0.15) is 0 Å². The second-order valence-electron chi connectivity index (χ2n) is 15.0. The number of hydrogen-bond acceptors (Lipinski definition) is 0. The molecule has 0 bridgehead atoms. The monoisotopic (exact) mass is 725 g/mol. The van der Waals surface area contributed by atoms with Gasteiger partial charge in [0, 0.05) is 49.4 Å². The van der Waals surface area contributed by atoms with E-state index in [1.165, 1.54) is 99.0 Å². The molecule has 0 saturated heterocycles. The van der Waals surface area contributed by atoms with Crippen molar-refractivity contribution < 1.29 is 0 Å². The van der Waals surface area contributed by atoms with Gasteiger partial charge in [-0.1, -0.05) is 115 Å². The third-order valence-electron chi connectivity index (χ3n) is 11.8. The van der Waals surface area contributed by atoms with Gasteiger partial charge in [-0.3, -0.25) is 0 Å². The van der Waals surface area contributed by atoms with Crippen LogP contribution in [0, 0.1) is 0 Å². The van der Waals surface area contributed by atoms with Crippen LogP contribution >= 0.6 is 0 Å². The molecule has 12 rings (SSSR count). The Morgan fingerprint density at radius 3 is 0.754 bits per heavy atom. The molecule has 0 fully saturated rings. The Bertz CT molecular complexity index is 3280. The normalized spacial score (nSPS) is 11.9. The van der Waals surface area contributed by atoms with Crippen molar-refractivity contribution in [3.63, 3.8) is 0 Å². The lowest BCUT2D eigenvalue weighted by Crippen LogP contribution is -1.93. The molecule has 0 amide bonds. The van der Waals surface area contributed by atoms with E-state index in [-0.39, 0.29) is 0 Å². The minimum Gasteiger partial charge on any atom is -0.309 e. The van der Waals surface area contributed by atoms with E-state index in [0.29, 0.717) is 0 Å². The first kappa shape index (κ1) is 31.7. The summed E-state index contributed by atoms with van der Waals surface area (Å²) in [6.07, 6.45) is 0. The molecular formula is C54H35N3. The molecule has 0 spiro atoms. The largest absolute Gasteiger partial charge is 0.309 e. The van der Waals surface area contributed by atoms with E-state index in [0.717, 1.165) is 5.69 Å². The molecule has 12 aromatic rings. The zero-order chi connectivity index (χ0) is 37.5. The number of nitrogens with zero attached hydrogens (tertiary/aromatic N) is 3. The van der Waals surface area contributed by atoms with E-state index in [4.69, 9.17) is 0 Å². The third kappa shape index (κ3) is 4.86. The molecule has 3 heterocycles. The second-order valence-corrected chi connectivity index (χ2v) is 15.0. The summed E-state index contributed by atoms with van der Waals surface area (Å²) in [4.78, 5) is 0. The smallest absolute Gasteiger partial charge is 0.0541 e. The van der Waals surface area contributed by atoms with Gasteiger partial charge in [-0.15, -0.1) is 0 Å². The van der Waals surface area contributed by atoms with E-state index in [9.17, 15) is 0 Å². The van der Waals surface area contributed by atoms with Crippen LogP contribution in [0.4, 0.5) is 0 Å². The highest BCUT2D eigenvalue weighted by Crippen LogP contribution is 2.41. The van der Waals surface area contributed by atoms with Crippen molar-refractivity contribution in [2.75, 3.05) is 0 Å². The fourth-order valence-electron chi connectivity index (χ4n) is 9.25. The average Bonchev–Trinajstić information content (AvgIpc) is 3.92. The molecule has 0 unspecified atom stereocenters. The van der Waals surface area contributed by atoms with Gasteiger partial charge in [0.2, 0.25) is 0 Å². The number of fused-ring (bicyclic) bond motifs is 9. The zero-order valence-corrected chi connectivity index (χ0v) is 31.0. The van der Waals surface area contributed by atoms with Crippen molar-refractivity contribution in [2.45, 2.75) is 0 Å². The molecule has 0 N–H and O–H groups in total. The van der Waals surface area contributed by atoms with Crippen LogP contribution in [0.2, 0.25) is 0 Å². The molecule has 0 radical (unpaired) electrons. The molecule has 266 valence electrons. The molecule has 3 aromatic heterocycles. The minimum atomic E-state index is 1.16. The van der Waals surface area contributed by atoms with Crippen LogP contribution in [0.3, 0.4) is 0 Å². The van der Waals surface area contributed by atoms with E-state index >= 15 is 0 Å². The number of aromatic nitrogens is 3. The van der Waals surface area contributed by atoms with Gasteiger partial charge in [0.05, 0.1) is 33.1 Å². The summed E-state index contributed by atoms with van der Waals surface area (Å²) in [6.45, 7) is 0. The highest BCUT2D eigenvalue weighted by molar-refractivity contribution is 6.14. The lowest BCUT2D eigenvalue weighted by molar-refractivity contribution is 1.18. The van der Waals surface area contributed by atoms with Crippen molar-refractivity contribution in [3.8, 4) is 39.3 Å². The summed E-state index contributed by atoms with van der Waals surface area (Å²) in [5.74, 6) is 0. The molecule has 9 aromatic carbocycles. The summed E-state index contributed by atoms with van der Waals surface area (Å²) in [5, 5.41) is 7.50. The summed E-state index contributed by atoms with van der Waals surface area (Å²) >= 11 is 0. The molecule has 0 aliphatic rings. The topological polar surface area (TPSA) is 14.8 Å². The van der Waals surface area contributed by atoms with Crippen LogP contribution in [0.25, 0.3) is 105 Å². The van der Waals surface area contributed by atoms with E-state index < -0.39 is 0 Å². The first-order chi connectivity index (χ1) is 28.3. The van der Waals surface area contributed by atoms with Gasteiger partial charge in [-0.25, -0.2) is 0 Å². The highest BCUT2D eigenvalue weighted by atomic mass is 15.0. The zero-order valence-electron chi connectivity index (χ0n) is 31.0. The quantitative estimate of drug-likeness (QED) is 0.168. The molecule has 3 nitrogen and oxygen atoms in total. The SMILES string of the molecule is c1ccc(-n2c3ccccc3c3cc(-c4ccc5c(c4)c4cc(-c6ccc7c(c6)c6ccccc6n7-c6ccccc6)ccc4n5-c4ccccc4)ccc32)cc1. The third-order valence-corrected chi connectivity index (χ3v) is 11.8. The highest BCUT2D eigenvalue weighted by Gasteiger charge is 2.18. The second kappa shape index (κ2) is 12.5. The Morgan fingerprint density at radius 2 is 0.439 bits per heavy atom. The van der Waals surface area contributed by atoms with Crippen LogP contribution < -0.4 is 0 Å². The van der Waals surface area contributed by atoms with Gasteiger partial charge in [0.15, 0.2) is 0 Å². The molecule has 0 atom stereocenters. The van der Waals surface area contributed by atoms with Crippen LogP contribution in [0.15, 0.2) is 212 Å². The van der Waals surface area contributed by atoms with Crippen LogP contribution in [0.1, 0.15) is 0 Å². The van der Waals surface area contributed by atoms with Crippen LogP contribution in [0.5, 0.6) is 0 Å². The predicted octanol–water partition coefficient (Wildman–Crippen LogP) is 14.3. The standard InChI is InChI=1S/C54H35N3/c1-4-14-40(15-5-1)55-49-22-12-10-20-43(49)45-32-36(24-28-51(45)55)38-26-30-53-47(34-38)48-35-39(27-31-54(48)57(53)42-18-8-3-9-19-42)37-25-29-52-46(33-37)44-21-11-13-23-50(44)56(52)41-16-6-2-7-17-41/h1-35H. The molecular weight excluding hydrogens is 691 g/mol. The van der Waals surface area contributed by atoms with Crippen molar-refractivity contribution in [1.82, 2.24) is 13.7 Å². The van der Waals surface area contributed by atoms with Gasteiger partial charge in [0.25, 0.3) is 0 Å². The lowest BCUT2D eigenvalue weighted by atomic mass is 9.98. The molecule has 0 aliphatic heterocycles. The maximum Gasteiger partial charge on any atom is 0.0541 e. The molecule has 3 heteroatoms. The predicted molar refractivity (Wildman–Crippen MR) is 240 cm³/mol. The molecule has 0 aliphatic carbocycles. The Labute approximate surface area is 329 Å². The summed E-state index contributed by atoms with van der Waals surface area (Å²) in [5.41, 5.74) is 15.6. The molecule has 57 heavy (non-hydrogen) atoms. The first-order valence-electron chi connectivity index (χ1n) is 19.6. The molecule has 0 saturated carbocycles. The number of para-hydroxylation sites is 5. The van der Waals surface area contributed by atoms with Crippen LogP contribution in [-0.4, -0.2) is 13.7 Å². The average molecular weight is 726 g/mol. The first-order valence-corrected chi connectivity index (χ1v) is 19.6.